The highest BCUT2D eigenvalue weighted by molar-refractivity contribution is 6.37. The number of rotatable bonds is 2. The maximum absolute atomic E-state index is 8.50. The molecular weight excluding hydrogens is 156 g/mol. The van der Waals surface area contributed by atoms with Crippen molar-refractivity contribution in [1.82, 2.24) is 0 Å². The van der Waals surface area contributed by atoms with Crippen LogP contribution in [0.4, 0.5) is 0 Å². The van der Waals surface area contributed by atoms with Gasteiger partial charge in [-0.3, -0.25) is 0 Å². The van der Waals surface area contributed by atoms with E-state index in [2.05, 4.69) is 10.3 Å². The fourth-order valence-electron chi connectivity index (χ4n) is 0.822. The molecule has 4 nitrogen and oxygen atoms in total. The molecular formula is C8H8N2O2. The first-order valence-electron chi connectivity index (χ1n) is 3.33. The predicted molar refractivity (Wildman–Crippen MR) is 45.0 cm³/mol. The zero-order valence-electron chi connectivity index (χ0n) is 6.25. The average Bonchev–Trinajstić information content (AvgIpc) is 2.15. The Labute approximate surface area is 69.4 Å². The standard InChI is InChI=1S/C8H8N2O2/c11-9-6-8(10-12)7-4-2-1-3-5-7/h1-6,11-12H/b9-6+,10-8-. The monoisotopic (exact) mass is 164 g/mol. The summed E-state index contributed by atoms with van der Waals surface area (Å²) in [7, 11) is 0. The molecule has 0 saturated carbocycles. The highest BCUT2D eigenvalue weighted by Gasteiger charge is 1.98. The molecule has 1 aromatic carbocycles. The maximum atomic E-state index is 8.50. The summed E-state index contributed by atoms with van der Waals surface area (Å²) < 4.78 is 0. The molecule has 0 aromatic heterocycles. The Hall–Kier alpha value is -1.84. The van der Waals surface area contributed by atoms with Crippen LogP contribution in [0.25, 0.3) is 0 Å². The second-order valence-corrected chi connectivity index (χ2v) is 2.10. The van der Waals surface area contributed by atoms with Gasteiger partial charge >= 0.3 is 0 Å². The molecule has 62 valence electrons. The van der Waals surface area contributed by atoms with Crippen LogP contribution in [-0.2, 0) is 0 Å². The van der Waals surface area contributed by atoms with Gasteiger partial charge in [0.25, 0.3) is 0 Å². The molecule has 0 fully saturated rings. The zero-order valence-corrected chi connectivity index (χ0v) is 6.25. The number of oxime groups is 2. The van der Waals surface area contributed by atoms with Crippen LogP contribution in [0, 0.1) is 0 Å². The van der Waals surface area contributed by atoms with Crippen LogP contribution in [0.2, 0.25) is 0 Å². The van der Waals surface area contributed by atoms with Crippen LogP contribution in [0.3, 0.4) is 0 Å². The summed E-state index contributed by atoms with van der Waals surface area (Å²) in [6, 6.07) is 8.93. The SMILES string of the molecule is O/N=C/C(=N/O)c1ccccc1. The Kier molecular flexibility index (Phi) is 2.84. The lowest BCUT2D eigenvalue weighted by molar-refractivity contribution is 0.316. The molecule has 0 bridgehead atoms. The third kappa shape index (κ3) is 1.82. The van der Waals surface area contributed by atoms with Gasteiger partial charge in [-0.15, -0.1) is 0 Å². The van der Waals surface area contributed by atoms with Crippen molar-refractivity contribution < 1.29 is 10.4 Å². The van der Waals surface area contributed by atoms with Gasteiger partial charge in [0.15, 0.2) is 0 Å². The summed E-state index contributed by atoms with van der Waals surface area (Å²) in [6.45, 7) is 0. The highest BCUT2D eigenvalue weighted by atomic mass is 16.4. The van der Waals surface area contributed by atoms with Gasteiger partial charge in [0.05, 0.1) is 6.21 Å². The summed E-state index contributed by atoms with van der Waals surface area (Å²) in [5, 5.41) is 22.4. The molecule has 0 spiro atoms. The van der Waals surface area contributed by atoms with E-state index in [1.807, 2.05) is 6.07 Å². The molecule has 0 aliphatic heterocycles. The fraction of sp³-hybridized carbons (Fsp3) is 0. The van der Waals surface area contributed by atoms with Crippen molar-refractivity contribution in [3.05, 3.63) is 35.9 Å². The van der Waals surface area contributed by atoms with E-state index >= 15 is 0 Å². The van der Waals surface area contributed by atoms with Crippen LogP contribution in [0.15, 0.2) is 40.6 Å². The van der Waals surface area contributed by atoms with Gasteiger partial charge in [0, 0.05) is 5.56 Å². The molecule has 0 saturated heterocycles. The van der Waals surface area contributed by atoms with Crippen LogP contribution in [0.5, 0.6) is 0 Å². The average molecular weight is 164 g/mol. The molecule has 1 rings (SSSR count). The number of nitrogens with zero attached hydrogens (tertiary/aromatic N) is 2. The van der Waals surface area contributed by atoms with E-state index in [9.17, 15) is 0 Å². The molecule has 2 N–H and O–H groups in total. The summed E-state index contributed by atoms with van der Waals surface area (Å²) in [5.41, 5.74) is 0.913. The van der Waals surface area contributed by atoms with E-state index < -0.39 is 0 Å². The van der Waals surface area contributed by atoms with Gasteiger partial charge in [0.2, 0.25) is 0 Å². The molecule has 4 heteroatoms. The van der Waals surface area contributed by atoms with Crippen molar-refractivity contribution in [3.63, 3.8) is 0 Å². The molecule has 0 aliphatic rings. The number of hydrogen-bond donors (Lipinski definition) is 2. The Balaban J connectivity index is 2.97. The number of hydrogen-bond acceptors (Lipinski definition) is 4. The third-order valence-electron chi connectivity index (χ3n) is 1.36. The van der Waals surface area contributed by atoms with Crippen LogP contribution >= 0.6 is 0 Å². The molecule has 12 heavy (non-hydrogen) atoms. The summed E-state index contributed by atoms with van der Waals surface area (Å²) >= 11 is 0. The van der Waals surface area contributed by atoms with Gasteiger partial charge in [-0.05, 0) is 0 Å². The Morgan fingerprint density at radius 2 is 1.83 bits per heavy atom. The van der Waals surface area contributed by atoms with Crippen LogP contribution < -0.4 is 0 Å². The van der Waals surface area contributed by atoms with Crippen molar-refractivity contribution in [2.75, 3.05) is 0 Å². The fourth-order valence-corrected chi connectivity index (χ4v) is 0.822. The summed E-state index contributed by atoms with van der Waals surface area (Å²) in [4.78, 5) is 0. The zero-order chi connectivity index (χ0) is 8.81. The molecule has 0 aliphatic carbocycles. The molecule has 0 unspecified atom stereocenters. The van der Waals surface area contributed by atoms with Crippen molar-refractivity contribution in [2.45, 2.75) is 0 Å². The second kappa shape index (κ2) is 4.12. The smallest absolute Gasteiger partial charge is 0.131 e. The quantitative estimate of drug-likeness (QED) is 0.393. The Morgan fingerprint density at radius 3 is 2.33 bits per heavy atom. The molecule has 0 amide bonds. The minimum Gasteiger partial charge on any atom is -0.411 e. The van der Waals surface area contributed by atoms with E-state index in [0.717, 1.165) is 6.21 Å². The lowest BCUT2D eigenvalue weighted by Crippen LogP contribution is -2.01. The first-order chi connectivity index (χ1) is 5.88. The van der Waals surface area contributed by atoms with E-state index in [0.29, 0.717) is 5.56 Å². The van der Waals surface area contributed by atoms with Crippen molar-refractivity contribution in [2.24, 2.45) is 10.3 Å². The summed E-state index contributed by atoms with van der Waals surface area (Å²) in [5.74, 6) is 0. The van der Waals surface area contributed by atoms with Crippen molar-refractivity contribution >= 4 is 11.9 Å². The Morgan fingerprint density at radius 1 is 1.17 bits per heavy atom. The maximum Gasteiger partial charge on any atom is 0.131 e. The summed E-state index contributed by atoms with van der Waals surface area (Å²) in [6.07, 6.45) is 1.06. The predicted octanol–water partition coefficient (Wildman–Crippen LogP) is 1.32. The largest absolute Gasteiger partial charge is 0.411 e. The minimum atomic E-state index is 0.220. The van der Waals surface area contributed by atoms with Crippen molar-refractivity contribution in [3.8, 4) is 0 Å². The second-order valence-electron chi connectivity index (χ2n) is 2.10. The van der Waals surface area contributed by atoms with Gasteiger partial charge in [-0.2, -0.15) is 0 Å². The van der Waals surface area contributed by atoms with Gasteiger partial charge < -0.3 is 10.4 Å². The van der Waals surface area contributed by atoms with Crippen LogP contribution in [0.1, 0.15) is 5.56 Å². The molecule has 0 atom stereocenters. The van der Waals surface area contributed by atoms with E-state index in [1.165, 1.54) is 0 Å². The van der Waals surface area contributed by atoms with E-state index in [-0.39, 0.29) is 5.71 Å². The molecule has 0 radical (unpaired) electrons. The van der Waals surface area contributed by atoms with Crippen molar-refractivity contribution in [1.29, 1.82) is 0 Å². The number of benzene rings is 1. The lowest BCUT2D eigenvalue weighted by Gasteiger charge is -1.95. The van der Waals surface area contributed by atoms with E-state index in [4.69, 9.17) is 10.4 Å². The topological polar surface area (TPSA) is 65.2 Å². The van der Waals surface area contributed by atoms with E-state index in [1.54, 1.807) is 24.3 Å². The lowest BCUT2D eigenvalue weighted by atomic mass is 10.1. The van der Waals surface area contributed by atoms with Gasteiger partial charge in [-0.1, -0.05) is 40.6 Å². The highest BCUT2D eigenvalue weighted by Crippen LogP contribution is 1.98. The van der Waals surface area contributed by atoms with Gasteiger partial charge in [-0.25, -0.2) is 0 Å². The molecule has 0 heterocycles. The normalized spacial score (nSPS) is 12.2. The first kappa shape index (κ1) is 8.26. The molecule has 1 aromatic rings. The first-order valence-corrected chi connectivity index (χ1v) is 3.33. The van der Waals surface area contributed by atoms with Gasteiger partial charge in [0.1, 0.15) is 5.71 Å². The third-order valence-corrected chi connectivity index (χ3v) is 1.36. The Bertz CT molecular complexity index is 293. The minimum absolute atomic E-state index is 0.220. The van der Waals surface area contributed by atoms with Crippen LogP contribution in [-0.4, -0.2) is 22.3 Å².